The Morgan fingerprint density at radius 1 is 0.968 bits per heavy atom. The molecular formula is C23H25Cl2N3O3. The van der Waals surface area contributed by atoms with Gasteiger partial charge in [-0.15, -0.1) is 12.4 Å². The van der Waals surface area contributed by atoms with E-state index in [9.17, 15) is 0 Å². The van der Waals surface area contributed by atoms with Crippen LogP contribution in [0.2, 0.25) is 5.02 Å². The van der Waals surface area contributed by atoms with Gasteiger partial charge in [0.05, 0.1) is 44.1 Å². The number of ether oxygens (including phenoxy) is 3. The van der Waals surface area contributed by atoms with Gasteiger partial charge in [0.15, 0.2) is 11.5 Å². The van der Waals surface area contributed by atoms with Crippen LogP contribution >= 0.6 is 24.0 Å². The number of fused-ring (bicyclic) bond motifs is 1. The second kappa shape index (κ2) is 9.12. The molecule has 0 unspecified atom stereocenters. The number of halogens is 2. The number of imidazole rings is 1. The molecule has 0 aliphatic heterocycles. The molecule has 8 heteroatoms. The van der Waals surface area contributed by atoms with Gasteiger partial charge in [-0.2, -0.15) is 0 Å². The molecule has 4 aromatic rings. The SMILES string of the molecule is CCn1cc(Cl)c2cc(-c3c(-c4cc(OC)c(OC)c(OC)c4)ncn3C)ccc21.Cl. The number of nitrogens with zero attached hydrogens (tertiary/aromatic N) is 3. The van der Waals surface area contributed by atoms with Gasteiger partial charge >= 0.3 is 0 Å². The number of benzene rings is 2. The number of hydrogen-bond donors (Lipinski definition) is 0. The van der Waals surface area contributed by atoms with Crippen molar-refractivity contribution in [1.82, 2.24) is 14.1 Å². The molecule has 164 valence electrons. The zero-order valence-electron chi connectivity index (χ0n) is 18.1. The highest BCUT2D eigenvalue weighted by Gasteiger charge is 2.20. The summed E-state index contributed by atoms with van der Waals surface area (Å²) in [6, 6.07) is 10.1. The number of rotatable bonds is 6. The molecule has 0 aliphatic rings. The van der Waals surface area contributed by atoms with Crippen molar-refractivity contribution in [1.29, 1.82) is 0 Å². The van der Waals surface area contributed by atoms with E-state index >= 15 is 0 Å². The highest BCUT2D eigenvalue weighted by atomic mass is 35.5. The van der Waals surface area contributed by atoms with Crippen LogP contribution in [0.25, 0.3) is 33.4 Å². The molecule has 2 heterocycles. The Hall–Kier alpha value is -2.83. The second-order valence-electron chi connectivity index (χ2n) is 6.96. The summed E-state index contributed by atoms with van der Waals surface area (Å²) in [5.41, 5.74) is 4.82. The van der Waals surface area contributed by atoms with E-state index in [2.05, 4.69) is 34.7 Å². The number of methoxy groups -OCH3 is 3. The normalized spacial score (nSPS) is 10.8. The van der Waals surface area contributed by atoms with Crippen molar-refractivity contribution in [3.8, 4) is 39.8 Å². The predicted molar refractivity (Wildman–Crippen MR) is 127 cm³/mol. The first kappa shape index (κ1) is 22.8. The molecule has 2 aromatic heterocycles. The minimum atomic E-state index is 0. The summed E-state index contributed by atoms with van der Waals surface area (Å²) >= 11 is 6.51. The Morgan fingerprint density at radius 3 is 2.23 bits per heavy atom. The van der Waals surface area contributed by atoms with Crippen LogP contribution in [0.5, 0.6) is 17.2 Å². The molecule has 0 aliphatic carbocycles. The van der Waals surface area contributed by atoms with Crippen molar-refractivity contribution >= 4 is 34.9 Å². The van der Waals surface area contributed by atoms with E-state index < -0.39 is 0 Å². The Kier molecular flexibility index (Phi) is 6.72. The van der Waals surface area contributed by atoms with E-state index in [4.69, 9.17) is 25.8 Å². The molecule has 0 saturated heterocycles. The first-order chi connectivity index (χ1) is 14.5. The maximum Gasteiger partial charge on any atom is 0.203 e. The molecule has 6 nitrogen and oxygen atoms in total. The number of aromatic nitrogens is 3. The van der Waals surface area contributed by atoms with Gasteiger partial charge in [0, 0.05) is 41.8 Å². The van der Waals surface area contributed by atoms with Gasteiger partial charge in [-0.05, 0) is 31.2 Å². The van der Waals surface area contributed by atoms with Crippen LogP contribution in [0.15, 0.2) is 42.9 Å². The van der Waals surface area contributed by atoms with Gasteiger partial charge in [0.1, 0.15) is 0 Å². The Morgan fingerprint density at radius 2 is 1.65 bits per heavy atom. The Bertz CT molecular complexity index is 1210. The Balaban J connectivity index is 0.00000272. The third-order valence-electron chi connectivity index (χ3n) is 5.32. The predicted octanol–water partition coefficient (Wildman–Crippen LogP) is 5.83. The van der Waals surface area contributed by atoms with Gasteiger partial charge in [0.2, 0.25) is 5.75 Å². The third kappa shape index (κ3) is 3.82. The second-order valence-corrected chi connectivity index (χ2v) is 7.37. The fraction of sp³-hybridized carbons (Fsp3) is 0.261. The van der Waals surface area contributed by atoms with Crippen LogP contribution in [-0.2, 0) is 13.6 Å². The van der Waals surface area contributed by atoms with Gasteiger partial charge in [0.25, 0.3) is 0 Å². The molecule has 0 N–H and O–H groups in total. The molecule has 0 atom stereocenters. The van der Waals surface area contributed by atoms with Crippen molar-refractivity contribution < 1.29 is 14.2 Å². The van der Waals surface area contributed by atoms with Crippen LogP contribution in [0, 0.1) is 0 Å². The van der Waals surface area contributed by atoms with E-state index in [0.717, 1.165) is 45.0 Å². The minimum Gasteiger partial charge on any atom is -0.493 e. The molecule has 0 saturated carbocycles. The first-order valence-corrected chi connectivity index (χ1v) is 10.0. The van der Waals surface area contributed by atoms with E-state index in [1.807, 2.05) is 29.9 Å². The molecule has 31 heavy (non-hydrogen) atoms. The topological polar surface area (TPSA) is 50.4 Å². The molecule has 0 spiro atoms. The molecule has 0 radical (unpaired) electrons. The van der Waals surface area contributed by atoms with Crippen LogP contribution in [0.1, 0.15) is 6.92 Å². The summed E-state index contributed by atoms with van der Waals surface area (Å²) < 4.78 is 20.6. The zero-order valence-corrected chi connectivity index (χ0v) is 19.7. The Labute approximate surface area is 192 Å². The zero-order chi connectivity index (χ0) is 21.4. The fourth-order valence-corrected chi connectivity index (χ4v) is 4.13. The average Bonchev–Trinajstić information content (AvgIpc) is 3.31. The van der Waals surface area contributed by atoms with Crippen molar-refractivity contribution in [2.45, 2.75) is 13.5 Å². The van der Waals surface area contributed by atoms with Crippen molar-refractivity contribution in [3.63, 3.8) is 0 Å². The summed E-state index contributed by atoms with van der Waals surface area (Å²) in [6.07, 6.45) is 3.77. The lowest BCUT2D eigenvalue weighted by Crippen LogP contribution is -1.97. The van der Waals surface area contributed by atoms with Gasteiger partial charge in [-0.1, -0.05) is 17.7 Å². The van der Waals surface area contributed by atoms with Crippen LogP contribution < -0.4 is 14.2 Å². The summed E-state index contributed by atoms with van der Waals surface area (Å²) in [4.78, 5) is 4.67. The molecular weight excluding hydrogens is 437 g/mol. The summed E-state index contributed by atoms with van der Waals surface area (Å²) in [6.45, 7) is 2.97. The standard InChI is InChI=1S/C23H24ClN3O3.ClH/c1-6-27-12-17(24)16-9-14(7-8-18(16)27)22-21(25-13-26(22)2)15-10-19(28-3)23(30-5)20(11-15)29-4;/h7-13H,6H2,1-5H3;1H. The van der Waals surface area contributed by atoms with Gasteiger partial charge in [-0.25, -0.2) is 4.98 Å². The quantitative estimate of drug-likeness (QED) is 0.362. The highest BCUT2D eigenvalue weighted by molar-refractivity contribution is 6.35. The summed E-state index contributed by atoms with van der Waals surface area (Å²) in [7, 11) is 6.78. The monoisotopic (exact) mass is 461 g/mol. The van der Waals surface area contributed by atoms with Crippen LogP contribution in [-0.4, -0.2) is 35.4 Å². The minimum absolute atomic E-state index is 0. The summed E-state index contributed by atoms with van der Waals surface area (Å²) in [5, 5.41) is 1.76. The van der Waals surface area contributed by atoms with Gasteiger partial charge in [-0.3, -0.25) is 0 Å². The molecule has 4 rings (SSSR count). The molecule has 0 bridgehead atoms. The molecule has 2 aromatic carbocycles. The van der Waals surface area contributed by atoms with E-state index in [1.54, 1.807) is 27.7 Å². The third-order valence-corrected chi connectivity index (χ3v) is 5.62. The summed E-state index contributed by atoms with van der Waals surface area (Å²) in [5.74, 6) is 1.72. The fourth-order valence-electron chi connectivity index (χ4n) is 3.86. The molecule has 0 amide bonds. The first-order valence-electron chi connectivity index (χ1n) is 9.62. The van der Waals surface area contributed by atoms with Crippen LogP contribution in [0.3, 0.4) is 0 Å². The lowest BCUT2D eigenvalue weighted by Gasteiger charge is -2.14. The smallest absolute Gasteiger partial charge is 0.203 e. The van der Waals surface area contributed by atoms with Crippen molar-refractivity contribution in [3.05, 3.63) is 47.9 Å². The average molecular weight is 462 g/mol. The maximum atomic E-state index is 6.51. The largest absolute Gasteiger partial charge is 0.493 e. The van der Waals surface area contributed by atoms with E-state index in [0.29, 0.717) is 17.2 Å². The van der Waals surface area contributed by atoms with E-state index in [-0.39, 0.29) is 12.4 Å². The maximum absolute atomic E-state index is 6.51. The van der Waals surface area contributed by atoms with Crippen LogP contribution in [0.4, 0.5) is 0 Å². The van der Waals surface area contributed by atoms with E-state index in [1.165, 1.54) is 0 Å². The highest BCUT2D eigenvalue weighted by Crippen LogP contribution is 2.43. The van der Waals surface area contributed by atoms with Gasteiger partial charge < -0.3 is 23.3 Å². The molecule has 0 fully saturated rings. The lowest BCUT2D eigenvalue weighted by atomic mass is 10.0. The van der Waals surface area contributed by atoms with Crippen molar-refractivity contribution in [2.75, 3.05) is 21.3 Å². The lowest BCUT2D eigenvalue weighted by molar-refractivity contribution is 0.324. The van der Waals surface area contributed by atoms with Crippen molar-refractivity contribution in [2.24, 2.45) is 7.05 Å². The number of hydrogen-bond acceptors (Lipinski definition) is 4. The number of aryl methyl sites for hydroxylation is 2.